The summed E-state index contributed by atoms with van der Waals surface area (Å²) in [5.74, 6) is 0.552. The van der Waals surface area contributed by atoms with Gasteiger partial charge in [0, 0.05) is 9.35 Å². The number of nitrogens with two attached hydrogens (primary N) is 1. The largest absolute Gasteiger partial charge is 0.398 e. The van der Waals surface area contributed by atoms with E-state index in [9.17, 15) is 0 Å². The first kappa shape index (κ1) is 9.31. The van der Waals surface area contributed by atoms with Gasteiger partial charge < -0.3 is 5.73 Å². The van der Waals surface area contributed by atoms with E-state index in [1.807, 2.05) is 6.07 Å². The van der Waals surface area contributed by atoms with Crippen molar-refractivity contribution in [1.82, 2.24) is 0 Å². The summed E-state index contributed by atoms with van der Waals surface area (Å²) >= 11 is 10.8. The molecule has 68 valence electrons. The third-order valence-corrected chi connectivity index (χ3v) is 3.90. The van der Waals surface area contributed by atoms with Crippen LogP contribution in [0.3, 0.4) is 0 Å². The molecular formula is C9H7BrClNS. The lowest BCUT2D eigenvalue weighted by Crippen LogP contribution is -1.83. The zero-order valence-corrected chi connectivity index (χ0v) is 9.84. The monoisotopic (exact) mass is 275 g/mol. The Morgan fingerprint density at radius 1 is 1.38 bits per heavy atom. The zero-order valence-electron chi connectivity index (χ0n) is 6.68. The van der Waals surface area contributed by atoms with Crippen molar-refractivity contribution in [2.75, 3.05) is 5.73 Å². The Hall–Kier alpha value is -0.250. The molecule has 0 saturated carbocycles. The number of hydrogen-bond donors (Lipinski definition) is 1. The number of hydrogen-bond acceptors (Lipinski definition) is 2. The van der Waals surface area contributed by atoms with Gasteiger partial charge in [-0.15, -0.1) is 22.9 Å². The fourth-order valence-electron chi connectivity index (χ4n) is 1.26. The van der Waals surface area contributed by atoms with Crippen molar-refractivity contribution in [1.29, 1.82) is 0 Å². The molecule has 0 amide bonds. The smallest absolute Gasteiger partial charge is 0.0576 e. The highest BCUT2D eigenvalue weighted by atomic mass is 79.9. The molecule has 0 aliphatic rings. The van der Waals surface area contributed by atoms with E-state index in [1.54, 1.807) is 11.3 Å². The lowest BCUT2D eigenvalue weighted by molar-refractivity contribution is 1.54. The number of halogens is 2. The lowest BCUT2D eigenvalue weighted by Gasteiger charge is -1.96. The Balaban J connectivity index is 2.75. The molecule has 1 aromatic heterocycles. The van der Waals surface area contributed by atoms with Crippen LogP contribution in [0.1, 0.15) is 4.88 Å². The Bertz CT molecular complexity index is 452. The Morgan fingerprint density at radius 3 is 2.85 bits per heavy atom. The van der Waals surface area contributed by atoms with E-state index in [-0.39, 0.29) is 0 Å². The first-order valence-corrected chi connectivity index (χ1v) is 5.88. The normalized spacial score (nSPS) is 10.9. The average molecular weight is 277 g/mol. The van der Waals surface area contributed by atoms with Crippen LogP contribution in [0.4, 0.5) is 5.69 Å². The quantitative estimate of drug-likeness (QED) is 0.619. The maximum atomic E-state index is 5.86. The van der Waals surface area contributed by atoms with E-state index >= 15 is 0 Å². The van der Waals surface area contributed by atoms with Crippen LogP contribution in [0, 0.1) is 0 Å². The Labute approximate surface area is 93.6 Å². The van der Waals surface area contributed by atoms with Gasteiger partial charge in [0.05, 0.1) is 16.3 Å². The van der Waals surface area contributed by atoms with Crippen LogP contribution >= 0.6 is 38.9 Å². The van der Waals surface area contributed by atoms with Gasteiger partial charge in [-0.05, 0) is 23.6 Å². The van der Waals surface area contributed by atoms with Crippen LogP contribution in [0.2, 0.25) is 0 Å². The molecule has 0 radical (unpaired) electrons. The summed E-state index contributed by atoms with van der Waals surface area (Å²) in [5, 5.41) is 1.16. The first-order valence-electron chi connectivity index (χ1n) is 3.74. The minimum absolute atomic E-state index is 0.552. The third kappa shape index (κ3) is 1.68. The predicted molar refractivity (Wildman–Crippen MR) is 63.5 cm³/mol. The van der Waals surface area contributed by atoms with E-state index in [0.29, 0.717) is 5.88 Å². The molecular weight excluding hydrogens is 270 g/mol. The molecule has 0 unspecified atom stereocenters. The average Bonchev–Trinajstić information content (AvgIpc) is 2.47. The molecule has 2 rings (SSSR count). The highest BCUT2D eigenvalue weighted by Gasteiger charge is 2.04. The number of benzene rings is 1. The molecule has 0 aliphatic heterocycles. The van der Waals surface area contributed by atoms with Gasteiger partial charge >= 0.3 is 0 Å². The molecule has 0 atom stereocenters. The van der Waals surface area contributed by atoms with Crippen molar-refractivity contribution in [3.8, 4) is 0 Å². The SMILES string of the molecule is Nc1cc(Br)cc2cc(CCl)sc12. The van der Waals surface area contributed by atoms with Crippen LogP contribution < -0.4 is 5.73 Å². The molecule has 13 heavy (non-hydrogen) atoms. The summed E-state index contributed by atoms with van der Waals surface area (Å²) in [7, 11) is 0. The number of thiophene rings is 1. The number of rotatable bonds is 1. The molecule has 2 aromatic rings. The molecule has 0 bridgehead atoms. The van der Waals surface area contributed by atoms with Crippen molar-refractivity contribution < 1.29 is 0 Å². The summed E-state index contributed by atoms with van der Waals surface area (Å²) in [4.78, 5) is 1.15. The van der Waals surface area contributed by atoms with E-state index in [1.165, 1.54) is 0 Å². The Kier molecular flexibility index (Phi) is 2.49. The van der Waals surface area contributed by atoms with Crippen LogP contribution in [0.5, 0.6) is 0 Å². The third-order valence-electron chi connectivity index (χ3n) is 1.79. The van der Waals surface area contributed by atoms with Crippen molar-refractivity contribution in [2.45, 2.75) is 5.88 Å². The number of fused-ring (bicyclic) bond motifs is 1. The minimum Gasteiger partial charge on any atom is -0.398 e. The van der Waals surface area contributed by atoms with Gasteiger partial charge in [-0.3, -0.25) is 0 Å². The van der Waals surface area contributed by atoms with E-state index < -0.39 is 0 Å². The van der Waals surface area contributed by atoms with Crippen molar-refractivity contribution in [3.63, 3.8) is 0 Å². The molecule has 1 heterocycles. The minimum atomic E-state index is 0.552. The van der Waals surface area contributed by atoms with E-state index in [2.05, 4.69) is 28.1 Å². The standard InChI is InChI=1S/C9H7BrClNS/c10-6-1-5-2-7(4-11)13-9(5)8(12)3-6/h1-3H,4,12H2. The van der Waals surface area contributed by atoms with Gasteiger partial charge in [-0.25, -0.2) is 0 Å². The van der Waals surface area contributed by atoms with Gasteiger partial charge in [0.1, 0.15) is 0 Å². The van der Waals surface area contributed by atoms with Gasteiger partial charge in [-0.1, -0.05) is 15.9 Å². The van der Waals surface area contributed by atoms with Crippen LogP contribution in [-0.2, 0) is 5.88 Å². The highest BCUT2D eigenvalue weighted by Crippen LogP contribution is 2.33. The second kappa shape index (κ2) is 3.48. The molecule has 0 aliphatic carbocycles. The van der Waals surface area contributed by atoms with Gasteiger partial charge in [0.25, 0.3) is 0 Å². The zero-order chi connectivity index (χ0) is 9.42. The van der Waals surface area contributed by atoms with Crippen LogP contribution in [0.15, 0.2) is 22.7 Å². The number of anilines is 1. The van der Waals surface area contributed by atoms with Crippen molar-refractivity contribution >= 4 is 54.6 Å². The fraction of sp³-hybridized carbons (Fsp3) is 0.111. The maximum Gasteiger partial charge on any atom is 0.0576 e. The molecule has 0 fully saturated rings. The Morgan fingerprint density at radius 2 is 2.15 bits per heavy atom. The predicted octanol–water partition coefficient (Wildman–Crippen LogP) is 3.98. The topological polar surface area (TPSA) is 26.0 Å². The summed E-state index contributed by atoms with van der Waals surface area (Å²) in [6.45, 7) is 0. The van der Waals surface area contributed by atoms with Crippen molar-refractivity contribution in [3.05, 3.63) is 27.5 Å². The summed E-state index contributed by atoms with van der Waals surface area (Å²) in [5.41, 5.74) is 6.67. The van der Waals surface area contributed by atoms with Crippen LogP contribution in [-0.4, -0.2) is 0 Å². The van der Waals surface area contributed by atoms with Gasteiger partial charge in [0.2, 0.25) is 0 Å². The number of nitrogen functional groups attached to an aromatic ring is 1. The molecule has 1 aromatic carbocycles. The molecule has 0 spiro atoms. The summed E-state index contributed by atoms with van der Waals surface area (Å²) < 4.78 is 2.13. The van der Waals surface area contributed by atoms with E-state index in [4.69, 9.17) is 17.3 Å². The fourth-order valence-corrected chi connectivity index (χ4v) is 2.91. The first-order chi connectivity index (χ1) is 6.20. The molecule has 4 heteroatoms. The molecule has 1 nitrogen and oxygen atoms in total. The van der Waals surface area contributed by atoms with Gasteiger partial charge in [-0.2, -0.15) is 0 Å². The molecule has 2 N–H and O–H groups in total. The lowest BCUT2D eigenvalue weighted by atomic mass is 10.2. The second-order valence-electron chi connectivity index (χ2n) is 2.76. The summed E-state index contributed by atoms with van der Waals surface area (Å²) in [6, 6.07) is 6.04. The van der Waals surface area contributed by atoms with Crippen molar-refractivity contribution in [2.24, 2.45) is 0 Å². The summed E-state index contributed by atoms with van der Waals surface area (Å²) in [6.07, 6.45) is 0. The van der Waals surface area contributed by atoms with Gasteiger partial charge in [0.15, 0.2) is 0 Å². The maximum absolute atomic E-state index is 5.86. The number of alkyl halides is 1. The second-order valence-corrected chi connectivity index (χ2v) is 5.08. The van der Waals surface area contributed by atoms with Crippen LogP contribution in [0.25, 0.3) is 10.1 Å². The highest BCUT2D eigenvalue weighted by molar-refractivity contribution is 9.10. The molecule has 0 saturated heterocycles. The van der Waals surface area contributed by atoms with E-state index in [0.717, 1.165) is 25.1 Å².